The zero-order chi connectivity index (χ0) is 11.8. The molecule has 1 aromatic heterocycles. The molecule has 2 rings (SSSR count). The van der Waals surface area contributed by atoms with Gasteiger partial charge in [-0.2, -0.15) is 0 Å². The van der Waals surface area contributed by atoms with Gasteiger partial charge in [0, 0.05) is 22.5 Å². The minimum Gasteiger partial charge on any atom is -0.497 e. The highest BCUT2D eigenvalue weighted by Crippen LogP contribution is 2.45. The molecule has 3 heteroatoms. The molecule has 0 atom stereocenters. The van der Waals surface area contributed by atoms with E-state index in [9.17, 15) is 0 Å². The van der Waals surface area contributed by atoms with Crippen molar-refractivity contribution in [3.05, 3.63) is 30.5 Å². The van der Waals surface area contributed by atoms with Crippen LogP contribution in [0, 0.1) is 0 Å². The molecule has 0 saturated carbocycles. The Labute approximate surface area is 98.0 Å². The smallest absolute Gasteiger partial charge is 0.121 e. The molecule has 0 amide bonds. The van der Waals surface area contributed by atoms with Gasteiger partial charge in [0.1, 0.15) is 5.75 Å². The van der Waals surface area contributed by atoms with Crippen LogP contribution in [0.1, 0.15) is 0 Å². The van der Waals surface area contributed by atoms with Crippen LogP contribution in [0.5, 0.6) is 5.75 Å². The summed E-state index contributed by atoms with van der Waals surface area (Å²) in [5.74, 6) is 0.857. The van der Waals surface area contributed by atoms with Gasteiger partial charge in [0.05, 0.1) is 12.6 Å². The molecule has 0 N–H and O–H groups in total. The Hall–Kier alpha value is -1.22. The Bertz CT molecular complexity index is 517. The molecule has 1 aromatic carbocycles. The number of rotatable bonds is 2. The Morgan fingerprint density at radius 1 is 1.12 bits per heavy atom. The number of aromatic nitrogens is 1. The quantitative estimate of drug-likeness (QED) is 0.797. The number of hydrogen-bond acceptors (Lipinski definition) is 2. The van der Waals surface area contributed by atoms with Gasteiger partial charge in [-0.25, -0.2) is 10.0 Å². The Kier molecular flexibility index (Phi) is 2.80. The molecule has 2 aromatic rings. The van der Waals surface area contributed by atoms with E-state index in [-0.39, 0.29) is 0 Å². The SMILES string of the molecule is COc1ccc2cc(S(C)(C)C)cnc2c1. The molecule has 0 spiro atoms. The molecule has 0 fully saturated rings. The Morgan fingerprint density at radius 2 is 1.88 bits per heavy atom. The predicted octanol–water partition coefficient (Wildman–Crippen LogP) is 3.30. The molecule has 0 aliphatic heterocycles. The van der Waals surface area contributed by atoms with Crippen molar-refractivity contribution in [2.75, 3.05) is 25.9 Å². The summed E-state index contributed by atoms with van der Waals surface area (Å²) in [6.45, 7) is 0. The van der Waals surface area contributed by atoms with Crippen molar-refractivity contribution in [2.45, 2.75) is 4.90 Å². The second-order valence-electron chi connectivity index (χ2n) is 4.57. The molecule has 86 valence electrons. The average Bonchev–Trinajstić information content (AvgIpc) is 2.26. The molecule has 0 saturated heterocycles. The molecule has 2 nitrogen and oxygen atoms in total. The number of benzene rings is 1. The van der Waals surface area contributed by atoms with E-state index in [2.05, 4.69) is 35.9 Å². The van der Waals surface area contributed by atoms with Crippen molar-refractivity contribution >= 4 is 20.9 Å². The van der Waals surface area contributed by atoms with Gasteiger partial charge in [-0.1, -0.05) is 0 Å². The topological polar surface area (TPSA) is 22.1 Å². The summed E-state index contributed by atoms with van der Waals surface area (Å²) in [4.78, 5) is 5.84. The first kappa shape index (κ1) is 11.3. The van der Waals surface area contributed by atoms with Crippen LogP contribution in [0.25, 0.3) is 10.9 Å². The van der Waals surface area contributed by atoms with Crippen molar-refractivity contribution in [2.24, 2.45) is 0 Å². The molecule has 1 heterocycles. The maximum Gasteiger partial charge on any atom is 0.121 e. The number of ether oxygens (including phenoxy) is 1. The lowest BCUT2D eigenvalue weighted by Gasteiger charge is -2.25. The van der Waals surface area contributed by atoms with E-state index in [1.807, 2.05) is 18.3 Å². The van der Waals surface area contributed by atoms with Gasteiger partial charge in [-0.15, -0.1) is 0 Å². The lowest BCUT2D eigenvalue weighted by atomic mass is 10.2. The van der Waals surface area contributed by atoms with Crippen molar-refractivity contribution < 1.29 is 4.74 Å². The van der Waals surface area contributed by atoms with Gasteiger partial charge in [-0.3, -0.25) is 4.98 Å². The van der Waals surface area contributed by atoms with Gasteiger partial charge in [0.25, 0.3) is 0 Å². The fraction of sp³-hybridized carbons (Fsp3) is 0.308. The van der Waals surface area contributed by atoms with E-state index < -0.39 is 10.0 Å². The molecule has 0 radical (unpaired) electrons. The summed E-state index contributed by atoms with van der Waals surface area (Å²) in [7, 11) is 0.972. The van der Waals surface area contributed by atoms with Crippen LogP contribution < -0.4 is 4.74 Å². The van der Waals surface area contributed by atoms with Crippen LogP contribution in [-0.2, 0) is 0 Å². The first-order chi connectivity index (χ1) is 7.50. The van der Waals surface area contributed by atoms with E-state index in [0.29, 0.717) is 0 Å². The average molecular weight is 235 g/mol. The van der Waals surface area contributed by atoms with Gasteiger partial charge >= 0.3 is 0 Å². The highest BCUT2D eigenvalue weighted by atomic mass is 32.3. The van der Waals surface area contributed by atoms with Gasteiger partial charge in [0.15, 0.2) is 0 Å². The zero-order valence-corrected chi connectivity index (χ0v) is 11.0. The van der Waals surface area contributed by atoms with Crippen LogP contribution in [0.2, 0.25) is 0 Å². The van der Waals surface area contributed by atoms with Crippen LogP contribution >= 0.6 is 10.0 Å². The normalized spacial score (nSPS) is 12.8. The Morgan fingerprint density at radius 3 is 2.50 bits per heavy atom. The summed E-state index contributed by atoms with van der Waals surface area (Å²) in [6.07, 6.45) is 8.81. The van der Waals surface area contributed by atoms with E-state index in [1.54, 1.807) is 7.11 Å². The number of pyridine rings is 1. The van der Waals surface area contributed by atoms with Gasteiger partial charge in [-0.05, 0) is 37.0 Å². The third-order valence-electron chi connectivity index (χ3n) is 2.57. The first-order valence-electron chi connectivity index (χ1n) is 5.13. The number of methoxy groups -OCH3 is 1. The second kappa shape index (κ2) is 3.98. The van der Waals surface area contributed by atoms with Gasteiger partial charge < -0.3 is 4.74 Å². The van der Waals surface area contributed by atoms with Gasteiger partial charge in [0.2, 0.25) is 0 Å². The van der Waals surface area contributed by atoms with Crippen LogP contribution in [-0.4, -0.2) is 30.9 Å². The molecule has 0 aliphatic carbocycles. The first-order valence-corrected chi connectivity index (χ1v) is 7.98. The summed E-state index contributed by atoms with van der Waals surface area (Å²) in [6, 6.07) is 8.25. The van der Waals surface area contributed by atoms with Crippen molar-refractivity contribution in [1.29, 1.82) is 0 Å². The maximum absolute atomic E-state index is 5.19. The predicted molar refractivity (Wildman–Crippen MR) is 71.9 cm³/mol. The summed E-state index contributed by atoms with van der Waals surface area (Å²) >= 11 is 0. The fourth-order valence-electron chi connectivity index (χ4n) is 1.54. The number of fused-ring (bicyclic) bond motifs is 1. The lowest BCUT2D eigenvalue weighted by Crippen LogP contribution is -1.94. The van der Waals surface area contributed by atoms with E-state index >= 15 is 0 Å². The van der Waals surface area contributed by atoms with Crippen LogP contribution in [0.3, 0.4) is 0 Å². The van der Waals surface area contributed by atoms with Crippen LogP contribution in [0.15, 0.2) is 35.4 Å². The number of hydrogen-bond donors (Lipinski definition) is 0. The van der Waals surface area contributed by atoms with Crippen molar-refractivity contribution in [1.82, 2.24) is 4.98 Å². The molecular weight excluding hydrogens is 218 g/mol. The van der Waals surface area contributed by atoms with E-state index in [4.69, 9.17) is 4.74 Å². The molecular formula is C13H17NOS. The Balaban J connectivity index is 2.56. The molecule has 0 bridgehead atoms. The third-order valence-corrected chi connectivity index (χ3v) is 4.21. The highest BCUT2D eigenvalue weighted by molar-refractivity contribution is 8.32. The van der Waals surface area contributed by atoms with E-state index in [1.165, 1.54) is 10.3 Å². The highest BCUT2D eigenvalue weighted by Gasteiger charge is 2.09. The molecule has 16 heavy (non-hydrogen) atoms. The third kappa shape index (κ3) is 2.14. The summed E-state index contributed by atoms with van der Waals surface area (Å²) in [5.41, 5.74) is 0.992. The van der Waals surface area contributed by atoms with Crippen molar-refractivity contribution in [3.63, 3.8) is 0 Å². The standard InChI is InChI=1S/C13H17NOS/c1-15-11-6-5-10-7-12(16(2,3)4)9-14-13(10)8-11/h5-9H,1-4H3. The minimum absolute atomic E-state index is 0.704. The number of nitrogens with zero attached hydrogens (tertiary/aromatic N) is 1. The summed E-state index contributed by atoms with van der Waals surface area (Å²) < 4.78 is 5.19. The summed E-state index contributed by atoms with van der Waals surface area (Å²) in [5, 5.41) is 1.18. The fourth-order valence-corrected chi connectivity index (χ4v) is 2.39. The minimum atomic E-state index is -0.704. The van der Waals surface area contributed by atoms with E-state index in [0.717, 1.165) is 11.3 Å². The van der Waals surface area contributed by atoms with Crippen molar-refractivity contribution in [3.8, 4) is 5.75 Å². The molecule has 0 unspecified atom stereocenters. The monoisotopic (exact) mass is 235 g/mol. The second-order valence-corrected chi connectivity index (χ2v) is 8.71. The molecule has 0 aliphatic rings. The van der Waals surface area contributed by atoms with Crippen LogP contribution in [0.4, 0.5) is 0 Å². The zero-order valence-electron chi connectivity index (χ0n) is 10.2. The largest absolute Gasteiger partial charge is 0.497 e. The maximum atomic E-state index is 5.19. The lowest BCUT2D eigenvalue weighted by molar-refractivity contribution is 0.415.